The second-order valence-electron chi connectivity index (χ2n) is 5.89. The fraction of sp³-hybridized carbons (Fsp3) is 0.714. The van der Waals surface area contributed by atoms with Gasteiger partial charge in [-0.25, -0.2) is 4.98 Å². The standard InChI is InChI=1S/C14H24N2O2S/c1-9(15-8-6-7-11(17)18)12-10(2)16-13(19-12)14(3,4)5/h9,15H,6-8H2,1-5H3,(H,17,18). The SMILES string of the molecule is Cc1nc(C(C)(C)C)sc1C(C)NCCCC(=O)O. The third kappa shape index (κ3) is 4.91. The molecule has 0 amide bonds. The Bertz CT molecular complexity index is 435. The van der Waals surface area contributed by atoms with E-state index >= 15 is 0 Å². The van der Waals surface area contributed by atoms with Crippen molar-refractivity contribution in [3.63, 3.8) is 0 Å². The van der Waals surface area contributed by atoms with Crippen LogP contribution in [0.15, 0.2) is 0 Å². The highest BCUT2D eigenvalue weighted by atomic mass is 32.1. The van der Waals surface area contributed by atoms with Gasteiger partial charge < -0.3 is 10.4 Å². The van der Waals surface area contributed by atoms with Crippen molar-refractivity contribution in [2.75, 3.05) is 6.54 Å². The molecule has 0 fully saturated rings. The van der Waals surface area contributed by atoms with Crippen LogP contribution in [-0.4, -0.2) is 22.6 Å². The highest BCUT2D eigenvalue weighted by molar-refractivity contribution is 7.12. The number of rotatable bonds is 6. The van der Waals surface area contributed by atoms with Crippen molar-refractivity contribution in [3.05, 3.63) is 15.6 Å². The molecule has 2 N–H and O–H groups in total. The van der Waals surface area contributed by atoms with E-state index in [0.29, 0.717) is 6.42 Å². The fourth-order valence-corrected chi connectivity index (χ4v) is 2.93. The van der Waals surface area contributed by atoms with Crippen molar-refractivity contribution in [1.29, 1.82) is 0 Å². The first-order chi connectivity index (χ1) is 8.71. The van der Waals surface area contributed by atoms with E-state index in [9.17, 15) is 4.79 Å². The fourth-order valence-electron chi connectivity index (χ4n) is 1.78. The minimum absolute atomic E-state index is 0.0801. The summed E-state index contributed by atoms with van der Waals surface area (Å²) in [4.78, 5) is 16.3. The van der Waals surface area contributed by atoms with Gasteiger partial charge in [0.15, 0.2) is 0 Å². The number of hydrogen-bond donors (Lipinski definition) is 2. The van der Waals surface area contributed by atoms with Gasteiger partial charge in [0.1, 0.15) is 0 Å². The molecule has 4 nitrogen and oxygen atoms in total. The molecule has 1 heterocycles. The molecule has 0 aliphatic carbocycles. The molecule has 1 atom stereocenters. The van der Waals surface area contributed by atoms with E-state index in [2.05, 4.69) is 38.0 Å². The Morgan fingerprint density at radius 1 is 1.47 bits per heavy atom. The Balaban J connectivity index is 2.59. The van der Waals surface area contributed by atoms with Crippen molar-refractivity contribution in [1.82, 2.24) is 10.3 Å². The van der Waals surface area contributed by atoms with E-state index in [1.807, 2.05) is 6.92 Å². The predicted octanol–water partition coefficient (Wildman–Crippen LogP) is 3.26. The van der Waals surface area contributed by atoms with Crippen molar-refractivity contribution in [3.8, 4) is 0 Å². The average Bonchev–Trinajstić information content (AvgIpc) is 2.66. The van der Waals surface area contributed by atoms with Crippen LogP contribution < -0.4 is 5.32 Å². The molecule has 19 heavy (non-hydrogen) atoms. The molecule has 0 aliphatic rings. The van der Waals surface area contributed by atoms with Gasteiger partial charge in [-0.2, -0.15) is 0 Å². The summed E-state index contributed by atoms with van der Waals surface area (Å²) in [6.45, 7) is 11.4. The summed E-state index contributed by atoms with van der Waals surface area (Å²) in [5.74, 6) is -0.738. The van der Waals surface area contributed by atoms with Crippen LogP contribution in [0.25, 0.3) is 0 Å². The smallest absolute Gasteiger partial charge is 0.303 e. The number of carbonyl (C=O) groups is 1. The number of aromatic nitrogens is 1. The van der Waals surface area contributed by atoms with Gasteiger partial charge in [0.05, 0.1) is 10.7 Å². The Kier molecular flexibility index (Phi) is 5.50. The summed E-state index contributed by atoms with van der Waals surface area (Å²) in [5, 5.41) is 13.1. The maximum Gasteiger partial charge on any atom is 0.303 e. The number of nitrogens with zero attached hydrogens (tertiary/aromatic N) is 1. The van der Waals surface area contributed by atoms with E-state index < -0.39 is 5.97 Å². The molecule has 0 bridgehead atoms. The van der Waals surface area contributed by atoms with E-state index in [4.69, 9.17) is 5.11 Å². The lowest BCUT2D eigenvalue weighted by atomic mass is 9.98. The number of aryl methyl sites for hydroxylation is 1. The summed E-state index contributed by atoms with van der Waals surface area (Å²) >= 11 is 1.75. The van der Waals surface area contributed by atoms with Crippen LogP contribution in [0, 0.1) is 6.92 Å². The zero-order valence-electron chi connectivity index (χ0n) is 12.4. The molecule has 0 saturated carbocycles. The van der Waals surface area contributed by atoms with E-state index in [1.54, 1.807) is 11.3 Å². The third-order valence-electron chi connectivity index (χ3n) is 2.89. The summed E-state index contributed by atoms with van der Waals surface area (Å²) in [6.07, 6.45) is 0.873. The van der Waals surface area contributed by atoms with Gasteiger partial charge in [-0.15, -0.1) is 11.3 Å². The van der Waals surface area contributed by atoms with Gasteiger partial charge in [0.2, 0.25) is 0 Å². The van der Waals surface area contributed by atoms with E-state index in [0.717, 1.165) is 17.2 Å². The lowest BCUT2D eigenvalue weighted by Gasteiger charge is -2.14. The maximum absolute atomic E-state index is 10.4. The number of hydrogen-bond acceptors (Lipinski definition) is 4. The molecule has 108 valence electrons. The quantitative estimate of drug-likeness (QED) is 0.787. The highest BCUT2D eigenvalue weighted by Gasteiger charge is 2.22. The number of thiazole rings is 1. The molecular formula is C14H24N2O2S. The lowest BCUT2D eigenvalue weighted by molar-refractivity contribution is -0.137. The first kappa shape index (κ1) is 16.1. The van der Waals surface area contributed by atoms with Gasteiger partial charge in [0, 0.05) is 22.8 Å². The normalized spacial score (nSPS) is 13.5. The van der Waals surface area contributed by atoms with Gasteiger partial charge in [-0.05, 0) is 26.8 Å². The minimum atomic E-state index is -0.738. The summed E-state index contributed by atoms with van der Waals surface area (Å²) in [7, 11) is 0. The van der Waals surface area contributed by atoms with Crippen LogP contribution in [0.5, 0.6) is 0 Å². The summed E-state index contributed by atoms with van der Waals surface area (Å²) in [6, 6.07) is 0.224. The van der Waals surface area contributed by atoms with Crippen LogP contribution in [0.3, 0.4) is 0 Å². The molecule has 0 aromatic carbocycles. The zero-order chi connectivity index (χ0) is 14.6. The molecule has 1 aromatic heterocycles. The van der Waals surface area contributed by atoms with Crippen molar-refractivity contribution in [2.24, 2.45) is 0 Å². The highest BCUT2D eigenvalue weighted by Crippen LogP contribution is 2.32. The van der Waals surface area contributed by atoms with Crippen LogP contribution in [0.1, 0.15) is 62.2 Å². The molecule has 0 aliphatic heterocycles. The molecule has 1 rings (SSSR count). The minimum Gasteiger partial charge on any atom is -0.481 e. The number of aliphatic carboxylic acids is 1. The first-order valence-corrected chi connectivity index (χ1v) is 7.46. The summed E-state index contributed by atoms with van der Waals surface area (Å²) < 4.78 is 0. The Morgan fingerprint density at radius 2 is 2.11 bits per heavy atom. The second kappa shape index (κ2) is 6.48. The molecule has 0 spiro atoms. The van der Waals surface area contributed by atoms with Crippen molar-refractivity contribution >= 4 is 17.3 Å². The lowest BCUT2D eigenvalue weighted by Crippen LogP contribution is -2.20. The van der Waals surface area contributed by atoms with E-state index in [-0.39, 0.29) is 17.9 Å². The number of nitrogens with one attached hydrogen (secondary N) is 1. The maximum atomic E-state index is 10.4. The molecule has 0 saturated heterocycles. The van der Waals surface area contributed by atoms with Crippen LogP contribution in [-0.2, 0) is 10.2 Å². The zero-order valence-corrected chi connectivity index (χ0v) is 13.2. The van der Waals surface area contributed by atoms with Crippen molar-refractivity contribution in [2.45, 2.75) is 58.9 Å². The topological polar surface area (TPSA) is 62.2 Å². The van der Waals surface area contributed by atoms with Crippen LogP contribution >= 0.6 is 11.3 Å². The van der Waals surface area contributed by atoms with Crippen LogP contribution in [0.4, 0.5) is 0 Å². The van der Waals surface area contributed by atoms with E-state index in [1.165, 1.54) is 4.88 Å². The monoisotopic (exact) mass is 284 g/mol. The Hall–Kier alpha value is -0.940. The van der Waals surface area contributed by atoms with Gasteiger partial charge in [-0.3, -0.25) is 4.79 Å². The molecule has 5 heteroatoms. The predicted molar refractivity (Wildman–Crippen MR) is 78.8 cm³/mol. The summed E-state index contributed by atoms with van der Waals surface area (Å²) in [5.41, 5.74) is 1.16. The average molecular weight is 284 g/mol. The van der Waals surface area contributed by atoms with Gasteiger partial charge in [-0.1, -0.05) is 20.8 Å². The largest absolute Gasteiger partial charge is 0.481 e. The molecule has 1 aromatic rings. The van der Waals surface area contributed by atoms with Crippen molar-refractivity contribution < 1.29 is 9.90 Å². The van der Waals surface area contributed by atoms with Gasteiger partial charge in [0.25, 0.3) is 0 Å². The Morgan fingerprint density at radius 3 is 2.58 bits per heavy atom. The molecule has 0 radical (unpaired) electrons. The Labute approximate surface area is 119 Å². The molecule has 1 unspecified atom stereocenters. The van der Waals surface area contributed by atoms with Gasteiger partial charge >= 0.3 is 5.97 Å². The number of carboxylic acids is 1. The molecular weight excluding hydrogens is 260 g/mol. The first-order valence-electron chi connectivity index (χ1n) is 6.65. The number of carboxylic acid groups (broad SMARTS) is 1. The van der Waals surface area contributed by atoms with Crippen LogP contribution in [0.2, 0.25) is 0 Å². The second-order valence-corrected chi connectivity index (χ2v) is 6.92. The third-order valence-corrected chi connectivity index (χ3v) is 4.65.